The van der Waals surface area contributed by atoms with Gasteiger partial charge in [-0.3, -0.25) is 0 Å². The third kappa shape index (κ3) is 7.14. The van der Waals surface area contributed by atoms with Gasteiger partial charge in [-0.15, -0.1) is 0 Å². The van der Waals surface area contributed by atoms with Gasteiger partial charge in [0.2, 0.25) is 0 Å². The smallest absolute Gasteiger partial charge is 0.0652 e. The molecule has 0 spiro atoms. The second kappa shape index (κ2) is 6.48. The number of hydrogen-bond donors (Lipinski definition) is 4. The van der Waals surface area contributed by atoms with Crippen LogP contribution in [0.4, 0.5) is 0 Å². The Kier molecular flexibility index (Phi) is 6.03. The SMILES string of the molecule is SC(S)(CSCC(S)(S)CC1CS1)CC1CS1. The zero-order chi connectivity index (χ0) is 12.5. The minimum Gasteiger partial charge on any atom is -0.161 e. The van der Waals surface area contributed by atoms with Crippen LogP contribution in [0.1, 0.15) is 12.8 Å². The van der Waals surface area contributed by atoms with E-state index in [4.69, 9.17) is 0 Å². The quantitative estimate of drug-likeness (QED) is 0.294. The maximum Gasteiger partial charge on any atom is 0.0652 e. The highest BCUT2D eigenvalue weighted by Crippen LogP contribution is 2.44. The van der Waals surface area contributed by atoms with Crippen LogP contribution in [0, 0.1) is 0 Å². The minimum absolute atomic E-state index is 0.134. The molecule has 0 N–H and O–H groups in total. The van der Waals surface area contributed by atoms with Crippen molar-refractivity contribution >= 4 is 85.8 Å². The number of rotatable bonds is 8. The summed E-state index contributed by atoms with van der Waals surface area (Å²) in [7, 11) is 0. The van der Waals surface area contributed by atoms with Gasteiger partial charge in [0.05, 0.1) is 8.16 Å². The molecule has 2 rings (SSSR count). The van der Waals surface area contributed by atoms with Gasteiger partial charge >= 0.3 is 0 Å². The molecule has 2 aliphatic rings. The minimum atomic E-state index is -0.134. The molecule has 0 aromatic heterocycles. The zero-order valence-corrected chi connectivity index (χ0v) is 15.4. The second-order valence-electron chi connectivity index (χ2n) is 4.78. The van der Waals surface area contributed by atoms with E-state index < -0.39 is 0 Å². The summed E-state index contributed by atoms with van der Waals surface area (Å²) in [6.45, 7) is 0. The first-order valence-corrected chi connectivity index (χ1v) is 10.6. The normalized spacial score (nSPS) is 28.2. The highest BCUT2D eigenvalue weighted by atomic mass is 32.2. The Balaban J connectivity index is 1.62. The van der Waals surface area contributed by atoms with Crippen LogP contribution in [0.5, 0.6) is 0 Å². The van der Waals surface area contributed by atoms with E-state index in [0.29, 0.717) is 0 Å². The predicted molar refractivity (Wildman–Crippen MR) is 100 cm³/mol. The molecule has 2 heterocycles. The molecule has 0 aromatic rings. The van der Waals surface area contributed by atoms with Crippen LogP contribution in [0.2, 0.25) is 0 Å². The fourth-order valence-electron chi connectivity index (χ4n) is 1.60. The van der Waals surface area contributed by atoms with Crippen molar-refractivity contribution in [3.05, 3.63) is 0 Å². The molecule has 2 fully saturated rings. The molecular formula is C10H18S7. The molecule has 7 heteroatoms. The summed E-state index contributed by atoms with van der Waals surface area (Å²) in [5.41, 5.74) is 0. The lowest BCUT2D eigenvalue weighted by Crippen LogP contribution is -2.24. The van der Waals surface area contributed by atoms with Gasteiger partial charge in [0.1, 0.15) is 0 Å². The Hall–Kier alpha value is 2.45. The van der Waals surface area contributed by atoms with Crippen LogP contribution in [0.15, 0.2) is 0 Å². The van der Waals surface area contributed by atoms with E-state index in [0.717, 1.165) is 34.8 Å². The third-order valence-electron chi connectivity index (χ3n) is 2.58. The molecule has 0 nitrogen and oxygen atoms in total. The molecule has 2 atom stereocenters. The molecule has 0 saturated carbocycles. The van der Waals surface area contributed by atoms with E-state index in [9.17, 15) is 0 Å². The van der Waals surface area contributed by atoms with Gasteiger partial charge in [-0.2, -0.15) is 85.8 Å². The standard InChI is InChI=1S/C10H18S7/c11-9(12,1-7-3-16-7)5-15-6-10(13,14)2-8-4-17-8/h7-8,11-14H,1-6H2. The van der Waals surface area contributed by atoms with E-state index >= 15 is 0 Å². The maximum absolute atomic E-state index is 4.65. The van der Waals surface area contributed by atoms with Crippen molar-refractivity contribution in [3.8, 4) is 0 Å². The van der Waals surface area contributed by atoms with Crippen molar-refractivity contribution in [1.82, 2.24) is 0 Å². The Bertz CT molecular complexity index is 231. The average molecular weight is 363 g/mol. The van der Waals surface area contributed by atoms with Crippen LogP contribution >= 0.6 is 85.8 Å². The summed E-state index contributed by atoms with van der Waals surface area (Å²) in [4.78, 5) is 0. The lowest BCUT2D eigenvalue weighted by Gasteiger charge is -2.26. The van der Waals surface area contributed by atoms with Crippen molar-refractivity contribution in [2.24, 2.45) is 0 Å². The summed E-state index contributed by atoms with van der Waals surface area (Å²) in [5.74, 6) is 4.51. The van der Waals surface area contributed by atoms with Crippen molar-refractivity contribution < 1.29 is 0 Å². The first kappa shape index (κ1) is 15.8. The van der Waals surface area contributed by atoms with Gasteiger partial charge in [-0.25, -0.2) is 0 Å². The van der Waals surface area contributed by atoms with E-state index in [-0.39, 0.29) is 8.16 Å². The van der Waals surface area contributed by atoms with Crippen LogP contribution in [0.25, 0.3) is 0 Å². The topological polar surface area (TPSA) is 0 Å². The first-order chi connectivity index (χ1) is 7.86. The van der Waals surface area contributed by atoms with Gasteiger partial charge in [0.25, 0.3) is 0 Å². The Morgan fingerprint density at radius 3 is 1.53 bits per heavy atom. The van der Waals surface area contributed by atoms with E-state index in [1.54, 1.807) is 0 Å². The molecule has 0 bridgehead atoms. The fourth-order valence-corrected chi connectivity index (χ4v) is 6.37. The van der Waals surface area contributed by atoms with E-state index in [1.165, 1.54) is 11.5 Å². The fraction of sp³-hybridized carbons (Fsp3) is 1.00. The third-order valence-corrected chi connectivity index (χ3v) is 8.14. The molecule has 0 aliphatic carbocycles. The van der Waals surface area contributed by atoms with E-state index in [2.05, 4.69) is 50.5 Å². The highest BCUT2D eigenvalue weighted by Gasteiger charge is 2.35. The Morgan fingerprint density at radius 1 is 0.882 bits per heavy atom. The average Bonchev–Trinajstić information content (AvgIpc) is 2.99. The molecule has 2 unspecified atom stereocenters. The Labute approximate surface area is 139 Å². The van der Waals surface area contributed by atoms with Gasteiger partial charge in [0, 0.05) is 33.5 Å². The van der Waals surface area contributed by atoms with Crippen LogP contribution in [-0.2, 0) is 0 Å². The summed E-state index contributed by atoms with van der Waals surface area (Å²) in [5, 5.41) is 1.59. The van der Waals surface area contributed by atoms with Crippen molar-refractivity contribution in [2.75, 3.05) is 23.0 Å². The van der Waals surface area contributed by atoms with Crippen LogP contribution in [0.3, 0.4) is 0 Å². The molecule has 0 aromatic carbocycles. The first-order valence-electron chi connectivity index (χ1n) is 5.57. The summed E-state index contributed by atoms with van der Waals surface area (Å²) in [6.07, 6.45) is 2.20. The van der Waals surface area contributed by atoms with Gasteiger partial charge in [0.15, 0.2) is 0 Å². The summed E-state index contributed by atoms with van der Waals surface area (Å²) in [6, 6.07) is 0. The molecule has 2 saturated heterocycles. The number of hydrogen-bond acceptors (Lipinski definition) is 7. The maximum atomic E-state index is 4.65. The lowest BCUT2D eigenvalue weighted by atomic mass is 10.2. The summed E-state index contributed by atoms with van der Waals surface area (Å²) < 4.78 is -0.268. The molecule has 2 aliphatic heterocycles. The van der Waals surface area contributed by atoms with Gasteiger partial charge in [-0.1, -0.05) is 0 Å². The van der Waals surface area contributed by atoms with E-state index in [1.807, 2.05) is 35.3 Å². The van der Waals surface area contributed by atoms with Gasteiger partial charge in [-0.05, 0) is 12.8 Å². The molecule has 100 valence electrons. The summed E-state index contributed by atoms with van der Waals surface area (Å²) >= 11 is 24.5. The monoisotopic (exact) mass is 362 g/mol. The van der Waals surface area contributed by atoms with Crippen LogP contribution < -0.4 is 0 Å². The molecule has 0 radical (unpaired) electrons. The molecule has 17 heavy (non-hydrogen) atoms. The number of thioether (sulfide) groups is 3. The van der Waals surface area contributed by atoms with Crippen LogP contribution in [-0.4, -0.2) is 41.7 Å². The second-order valence-corrected chi connectivity index (χ2v) is 12.6. The van der Waals surface area contributed by atoms with Crippen molar-refractivity contribution in [2.45, 2.75) is 31.5 Å². The van der Waals surface area contributed by atoms with Gasteiger partial charge < -0.3 is 0 Å². The van der Waals surface area contributed by atoms with Crippen molar-refractivity contribution in [1.29, 1.82) is 0 Å². The molecular weight excluding hydrogens is 345 g/mol. The molecule has 0 amide bonds. The number of thiol groups is 4. The lowest BCUT2D eigenvalue weighted by molar-refractivity contribution is 0.805. The predicted octanol–water partition coefficient (Wildman–Crippen LogP) is 3.84. The largest absolute Gasteiger partial charge is 0.161 e. The Morgan fingerprint density at radius 2 is 1.24 bits per heavy atom. The highest BCUT2D eigenvalue weighted by molar-refractivity contribution is 8.08. The zero-order valence-electron chi connectivity index (χ0n) is 9.41. The van der Waals surface area contributed by atoms with Crippen molar-refractivity contribution in [3.63, 3.8) is 0 Å².